The third kappa shape index (κ3) is 3.20. The molecule has 1 aromatic heterocycles. The SMILES string of the molecule is NNC(Cc1cnccc1N)c1ccc(F)c(Cl)c1. The van der Waals surface area contributed by atoms with E-state index < -0.39 is 5.82 Å². The summed E-state index contributed by atoms with van der Waals surface area (Å²) in [5, 5.41) is 0.0666. The van der Waals surface area contributed by atoms with Crippen LogP contribution in [0.15, 0.2) is 36.7 Å². The third-order valence-corrected chi connectivity index (χ3v) is 3.20. The fourth-order valence-corrected chi connectivity index (χ4v) is 2.02. The molecule has 0 spiro atoms. The van der Waals surface area contributed by atoms with Crippen molar-refractivity contribution in [3.8, 4) is 0 Å². The number of hydrazine groups is 1. The minimum absolute atomic E-state index is 0.0666. The molecule has 6 heteroatoms. The number of benzene rings is 1. The summed E-state index contributed by atoms with van der Waals surface area (Å²) in [5.74, 6) is 5.09. The molecule has 0 radical (unpaired) electrons. The van der Waals surface area contributed by atoms with Crippen molar-refractivity contribution >= 4 is 17.3 Å². The number of hydrogen-bond acceptors (Lipinski definition) is 4. The Bertz CT molecular complexity index is 576. The van der Waals surface area contributed by atoms with E-state index in [-0.39, 0.29) is 11.1 Å². The molecule has 0 aliphatic heterocycles. The topological polar surface area (TPSA) is 77.0 Å². The molecule has 0 aliphatic carbocycles. The van der Waals surface area contributed by atoms with Crippen molar-refractivity contribution in [1.82, 2.24) is 10.4 Å². The summed E-state index contributed by atoms with van der Waals surface area (Å²) in [6, 6.07) is 6.01. The molecule has 1 heterocycles. The first-order chi connectivity index (χ1) is 9.11. The first-order valence-corrected chi connectivity index (χ1v) is 6.09. The fraction of sp³-hybridized carbons (Fsp3) is 0.154. The van der Waals surface area contributed by atoms with E-state index in [1.54, 1.807) is 30.6 Å². The highest BCUT2D eigenvalue weighted by Crippen LogP contribution is 2.24. The molecule has 2 aromatic rings. The van der Waals surface area contributed by atoms with Gasteiger partial charge in [-0.25, -0.2) is 4.39 Å². The number of halogens is 2. The van der Waals surface area contributed by atoms with Crippen molar-refractivity contribution in [2.45, 2.75) is 12.5 Å². The molecule has 5 N–H and O–H groups in total. The van der Waals surface area contributed by atoms with Crippen LogP contribution < -0.4 is 17.0 Å². The van der Waals surface area contributed by atoms with Gasteiger partial charge in [-0.2, -0.15) is 0 Å². The average Bonchev–Trinajstić information content (AvgIpc) is 2.41. The largest absolute Gasteiger partial charge is 0.398 e. The first-order valence-electron chi connectivity index (χ1n) is 5.71. The maximum atomic E-state index is 13.1. The average molecular weight is 281 g/mol. The highest BCUT2D eigenvalue weighted by atomic mass is 35.5. The Kier molecular flexibility index (Phi) is 4.31. The van der Waals surface area contributed by atoms with Gasteiger partial charge in [-0.1, -0.05) is 17.7 Å². The minimum atomic E-state index is -0.456. The lowest BCUT2D eigenvalue weighted by molar-refractivity contribution is 0.549. The van der Waals surface area contributed by atoms with Crippen molar-refractivity contribution in [2.75, 3.05) is 5.73 Å². The molecule has 0 amide bonds. The predicted octanol–water partition coefficient (Wildman–Crippen LogP) is 2.20. The lowest BCUT2D eigenvalue weighted by atomic mass is 9.99. The number of pyridine rings is 1. The summed E-state index contributed by atoms with van der Waals surface area (Å²) in [5.41, 5.74) is 10.8. The second-order valence-corrected chi connectivity index (χ2v) is 4.58. The smallest absolute Gasteiger partial charge is 0.141 e. The number of nitrogens with two attached hydrogens (primary N) is 2. The number of anilines is 1. The van der Waals surface area contributed by atoms with Crippen molar-refractivity contribution in [3.63, 3.8) is 0 Å². The van der Waals surface area contributed by atoms with Crippen LogP contribution in [0.2, 0.25) is 5.02 Å². The van der Waals surface area contributed by atoms with E-state index in [4.69, 9.17) is 23.2 Å². The zero-order valence-corrected chi connectivity index (χ0v) is 10.9. The van der Waals surface area contributed by atoms with E-state index in [1.165, 1.54) is 6.07 Å². The third-order valence-electron chi connectivity index (χ3n) is 2.91. The van der Waals surface area contributed by atoms with Crippen molar-refractivity contribution in [1.29, 1.82) is 0 Å². The molecular formula is C13H14ClFN4. The summed E-state index contributed by atoms with van der Waals surface area (Å²) in [6.45, 7) is 0. The Labute approximate surface area is 115 Å². The van der Waals surface area contributed by atoms with Gasteiger partial charge in [0.1, 0.15) is 5.82 Å². The number of nitrogens with zero attached hydrogens (tertiary/aromatic N) is 1. The molecule has 1 unspecified atom stereocenters. The van der Waals surface area contributed by atoms with Gasteiger partial charge >= 0.3 is 0 Å². The molecule has 1 aromatic carbocycles. The number of rotatable bonds is 4. The predicted molar refractivity (Wildman–Crippen MR) is 73.8 cm³/mol. The highest BCUT2D eigenvalue weighted by Gasteiger charge is 2.14. The molecule has 2 rings (SSSR count). The maximum absolute atomic E-state index is 13.1. The second kappa shape index (κ2) is 5.97. The molecule has 0 bridgehead atoms. The van der Waals surface area contributed by atoms with Crippen LogP contribution in [0, 0.1) is 5.82 Å². The number of hydrogen-bond donors (Lipinski definition) is 3. The molecular weight excluding hydrogens is 267 g/mol. The number of nitrogens with one attached hydrogen (secondary N) is 1. The van der Waals surface area contributed by atoms with Gasteiger partial charge in [0, 0.05) is 18.1 Å². The van der Waals surface area contributed by atoms with Gasteiger partial charge in [0.25, 0.3) is 0 Å². The Morgan fingerprint density at radius 3 is 2.79 bits per heavy atom. The second-order valence-electron chi connectivity index (χ2n) is 4.17. The van der Waals surface area contributed by atoms with Crippen LogP contribution >= 0.6 is 11.6 Å². The zero-order chi connectivity index (χ0) is 13.8. The van der Waals surface area contributed by atoms with Gasteiger partial charge in [0.2, 0.25) is 0 Å². The fourth-order valence-electron chi connectivity index (χ4n) is 1.83. The van der Waals surface area contributed by atoms with Crippen LogP contribution in [0.4, 0.5) is 10.1 Å². The number of aromatic nitrogens is 1. The standard InChI is InChI=1S/C13H14ClFN4/c14-10-5-8(1-2-11(10)15)13(19-17)6-9-7-18-4-3-12(9)16/h1-5,7,13,19H,6,17H2,(H2,16,18). The van der Waals surface area contributed by atoms with E-state index in [0.717, 1.165) is 11.1 Å². The van der Waals surface area contributed by atoms with Crippen LogP contribution in [-0.4, -0.2) is 4.98 Å². The summed E-state index contributed by atoms with van der Waals surface area (Å²) in [7, 11) is 0. The van der Waals surface area contributed by atoms with Gasteiger partial charge in [-0.05, 0) is 35.7 Å². The molecule has 0 saturated carbocycles. The summed E-state index contributed by atoms with van der Waals surface area (Å²) in [6.07, 6.45) is 3.85. The minimum Gasteiger partial charge on any atom is -0.398 e. The van der Waals surface area contributed by atoms with Crippen molar-refractivity contribution < 1.29 is 4.39 Å². The van der Waals surface area contributed by atoms with Crippen LogP contribution in [0.25, 0.3) is 0 Å². The van der Waals surface area contributed by atoms with Gasteiger partial charge in [0.05, 0.1) is 11.1 Å². The monoisotopic (exact) mass is 280 g/mol. The lowest BCUT2D eigenvalue weighted by Gasteiger charge is -2.17. The normalized spacial score (nSPS) is 12.4. The summed E-state index contributed by atoms with van der Waals surface area (Å²) >= 11 is 5.77. The van der Waals surface area contributed by atoms with E-state index in [0.29, 0.717) is 12.1 Å². The van der Waals surface area contributed by atoms with Crippen LogP contribution in [0.3, 0.4) is 0 Å². The summed E-state index contributed by atoms with van der Waals surface area (Å²) in [4.78, 5) is 4.02. The Morgan fingerprint density at radius 1 is 1.37 bits per heavy atom. The molecule has 0 saturated heterocycles. The van der Waals surface area contributed by atoms with Crippen LogP contribution in [-0.2, 0) is 6.42 Å². The zero-order valence-electron chi connectivity index (χ0n) is 10.1. The van der Waals surface area contributed by atoms with Crippen LogP contribution in [0.1, 0.15) is 17.2 Å². The molecule has 0 fully saturated rings. The summed E-state index contributed by atoms with van der Waals surface area (Å²) < 4.78 is 13.1. The van der Waals surface area contributed by atoms with E-state index in [1.807, 2.05) is 0 Å². The molecule has 4 nitrogen and oxygen atoms in total. The quantitative estimate of drug-likeness (QED) is 0.593. The first kappa shape index (κ1) is 13.7. The van der Waals surface area contributed by atoms with Gasteiger partial charge < -0.3 is 5.73 Å². The van der Waals surface area contributed by atoms with Crippen molar-refractivity contribution in [3.05, 3.63) is 58.6 Å². The van der Waals surface area contributed by atoms with E-state index in [2.05, 4.69) is 10.4 Å². The molecule has 100 valence electrons. The highest BCUT2D eigenvalue weighted by molar-refractivity contribution is 6.30. The Hall–Kier alpha value is -1.69. The molecule has 1 atom stereocenters. The van der Waals surface area contributed by atoms with Gasteiger partial charge in [-0.15, -0.1) is 0 Å². The molecule has 19 heavy (non-hydrogen) atoms. The number of nitrogen functional groups attached to an aromatic ring is 1. The maximum Gasteiger partial charge on any atom is 0.141 e. The Morgan fingerprint density at radius 2 is 2.16 bits per heavy atom. The molecule has 0 aliphatic rings. The van der Waals surface area contributed by atoms with Crippen LogP contribution in [0.5, 0.6) is 0 Å². The van der Waals surface area contributed by atoms with E-state index in [9.17, 15) is 4.39 Å². The van der Waals surface area contributed by atoms with E-state index >= 15 is 0 Å². The van der Waals surface area contributed by atoms with Crippen molar-refractivity contribution in [2.24, 2.45) is 5.84 Å². The Balaban J connectivity index is 2.25. The van der Waals surface area contributed by atoms with Gasteiger partial charge in [0.15, 0.2) is 0 Å². The van der Waals surface area contributed by atoms with Gasteiger partial charge in [-0.3, -0.25) is 16.3 Å². The lowest BCUT2D eigenvalue weighted by Crippen LogP contribution is -2.29.